The van der Waals surface area contributed by atoms with Crippen molar-refractivity contribution in [3.63, 3.8) is 0 Å². The van der Waals surface area contributed by atoms with E-state index in [0.29, 0.717) is 57.3 Å². The van der Waals surface area contributed by atoms with Crippen LogP contribution in [0.4, 0.5) is 16.2 Å². The van der Waals surface area contributed by atoms with Crippen molar-refractivity contribution in [2.45, 2.75) is 0 Å². The molecule has 11 heteroatoms. The van der Waals surface area contributed by atoms with E-state index in [1.54, 1.807) is 48.5 Å². The minimum Gasteiger partial charge on any atom is -0.465 e. The molecule has 0 saturated heterocycles. The zero-order valence-corrected chi connectivity index (χ0v) is 20.5. The number of nitrogens with one attached hydrogen (secondary N) is 3. The number of alkyl carbamates (subject to hydrolysis) is 1. The molecule has 196 valence electrons. The van der Waals surface area contributed by atoms with Crippen LogP contribution in [-0.4, -0.2) is 84.9 Å². The Morgan fingerprint density at radius 3 is 1.72 bits per heavy atom. The monoisotopic (exact) mass is 503 g/mol. The summed E-state index contributed by atoms with van der Waals surface area (Å²) < 4.78 is 25.5. The third-order valence-corrected chi connectivity index (χ3v) is 4.68. The highest BCUT2D eigenvalue weighted by molar-refractivity contribution is 5.94. The smallest absolute Gasteiger partial charge is 0.406 e. The van der Waals surface area contributed by atoms with E-state index in [1.165, 1.54) is 14.2 Å². The van der Waals surface area contributed by atoms with Crippen molar-refractivity contribution in [3.05, 3.63) is 59.7 Å². The van der Waals surface area contributed by atoms with Crippen molar-refractivity contribution in [1.29, 1.82) is 0 Å². The van der Waals surface area contributed by atoms with E-state index in [-0.39, 0.29) is 18.5 Å². The minimum absolute atomic E-state index is 0.184. The lowest BCUT2D eigenvalue weighted by atomic mass is 10.1. The van der Waals surface area contributed by atoms with E-state index in [9.17, 15) is 14.4 Å². The van der Waals surface area contributed by atoms with Gasteiger partial charge < -0.3 is 39.6 Å². The van der Waals surface area contributed by atoms with Gasteiger partial charge in [-0.05, 0) is 48.5 Å². The summed E-state index contributed by atoms with van der Waals surface area (Å²) in [7, 11) is 2.83. The highest BCUT2D eigenvalue weighted by Gasteiger charge is 2.06. The molecule has 0 aromatic heterocycles. The normalized spacial score (nSPS) is 10.4. The molecule has 0 saturated carbocycles. The molecule has 0 unspecified atom stereocenters. The number of rotatable bonds is 16. The molecule has 36 heavy (non-hydrogen) atoms. The summed E-state index contributed by atoms with van der Waals surface area (Å²) in [6.07, 6.45) is -0.490. The second-order valence-corrected chi connectivity index (χ2v) is 7.25. The van der Waals surface area contributed by atoms with Gasteiger partial charge in [-0.15, -0.1) is 0 Å². The topological polar surface area (TPSA) is 133 Å². The van der Waals surface area contributed by atoms with E-state index >= 15 is 0 Å². The van der Waals surface area contributed by atoms with Crippen LogP contribution in [0, 0.1) is 0 Å². The number of hydrogen-bond acceptors (Lipinski definition) is 9. The van der Waals surface area contributed by atoms with Gasteiger partial charge in [0, 0.05) is 30.5 Å². The molecule has 0 fully saturated rings. The average Bonchev–Trinajstić information content (AvgIpc) is 2.91. The third-order valence-electron chi connectivity index (χ3n) is 4.68. The molecular weight excluding hydrogens is 470 g/mol. The molecule has 0 aliphatic heterocycles. The minimum atomic E-state index is -0.490. The van der Waals surface area contributed by atoms with Gasteiger partial charge in [-0.3, -0.25) is 4.79 Å². The zero-order chi connectivity index (χ0) is 26.0. The van der Waals surface area contributed by atoms with Crippen molar-refractivity contribution in [1.82, 2.24) is 10.6 Å². The van der Waals surface area contributed by atoms with Crippen molar-refractivity contribution in [2.24, 2.45) is 0 Å². The summed E-state index contributed by atoms with van der Waals surface area (Å²) in [6.45, 7) is 2.83. The van der Waals surface area contributed by atoms with E-state index in [4.69, 9.17) is 18.9 Å². The van der Waals surface area contributed by atoms with Gasteiger partial charge in [0.2, 0.25) is 0 Å². The molecule has 0 aliphatic rings. The number of methoxy groups -OCH3 is 1. The third kappa shape index (κ3) is 11.2. The molecule has 0 aliphatic carbocycles. The lowest BCUT2D eigenvalue weighted by molar-refractivity contribution is 0.00631. The van der Waals surface area contributed by atoms with Crippen LogP contribution in [0.2, 0.25) is 0 Å². The fraction of sp³-hybridized carbons (Fsp3) is 0.400. The quantitative estimate of drug-likeness (QED) is 0.233. The molecule has 0 heterocycles. The molecule has 0 atom stereocenters. The maximum absolute atomic E-state index is 12.3. The predicted octanol–water partition coefficient (Wildman–Crippen LogP) is 2.35. The second-order valence-electron chi connectivity index (χ2n) is 7.25. The first-order valence-electron chi connectivity index (χ1n) is 11.4. The van der Waals surface area contributed by atoms with Crippen molar-refractivity contribution in [3.8, 4) is 0 Å². The van der Waals surface area contributed by atoms with Gasteiger partial charge in [0.25, 0.3) is 5.91 Å². The van der Waals surface area contributed by atoms with Crippen LogP contribution in [-0.2, 0) is 23.7 Å². The van der Waals surface area contributed by atoms with Crippen LogP contribution in [0.5, 0.6) is 0 Å². The van der Waals surface area contributed by atoms with Gasteiger partial charge in [0.1, 0.15) is 6.61 Å². The largest absolute Gasteiger partial charge is 0.465 e. The van der Waals surface area contributed by atoms with Crippen molar-refractivity contribution in [2.75, 3.05) is 72.3 Å². The summed E-state index contributed by atoms with van der Waals surface area (Å²) in [5.41, 5.74) is 2.62. The molecule has 2 aromatic carbocycles. The number of anilines is 2. The highest BCUT2D eigenvalue weighted by atomic mass is 16.6. The van der Waals surface area contributed by atoms with Crippen molar-refractivity contribution < 1.29 is 38.1 Å². The maximum Gasteiger partial charge on any atom is 0.406 e. The van der Waals surface area contributed by atoms with Crippen LogP contribution in [0.1, 0.15) is 20.7 Å². The molecule has 3 N–H and O–H groups in total. The van der Waals surface area contributed by atoms with Gasteiger partial charge in [-0.1, -0.05) is 0 Å². The molecule has 2 aromatic rings. The molecule has 0 bridgehead atoms. The maximum atomic E-state index is 12.3. The Morgan fingerprint density at radius 1 is 0.694 bits per heavy atom. The van der Waals surface area contributed by atoms with E-state index in [2.05, 4.69) is 20.7 Å². The first-order chi connectivity index (χ1) is 17.5. The van der Waals surface area contributed by atoms with Crippen LogP contribution >= 0.6 is 0 Å². The number of esters is 1. The van der Waals surface area contributed by atoms with Crippen LogP contribution in [0.15, 0.2) is 48.5 Å². The number of benzene rings is 2. The van der Waals surface area contributed by atoms with E-state index < -0.39 is 6.09 Å². The van der Waals surface area contributed by atoms with Gasteiger partial charge in [0.05, 0.1) is 52.3 Å². The molecular formula is C25H33N3O8. The highest BCUT2D eigenvalue weighted by Crippen LogP contribution is 2.18. The lowest BCUT2D eigenvalue weighted by Crippen LogP contribution is -2.27. The predicted molar refractivity (Wildman–Crippen MR) is 133 cm³/mol. The number of carbonyl (C=O) groups excluding carboxylic acids is 3. The van der Waals surface area contributed by atoms with Gasteiger partial charge >= 0.3 is 12.1 Å². The summed E-state index contributed by atoms with van der Waals surface area (Å²) in [5, 5.41) is 8.36. The number of amides is 2. The van der Waals surface area contributed by atoms with E-state index in [1.807, 2.05) is 0 Å². The fourth-order valence-electron chi connectivity index (χ4n) is 2.83. The average molecular weight is 504 g/mol. The lowest BCUT2D eigenvalue weighted by Gasteiger charge is -2.09. The molecule has 0 spiro atoms. The number of ether oxygens (including phenoxy) is 5. The number of hydrogen-bond donors (Lipinski definition) is 3. The zero-order valence-electron chi connectivity index (χ0n) is 20.5. The van der Waals surface area contributed by atoms with Crippen LogP contribution in [0.3, 0.4) is 0 Å². The Labute approximate surface area is 210 Å². The van der Waals surface area contributed by atoms with Gasteiger partial charge in [-0.25, -0.2) is 9.59 Å². The SMILES string of the molecule is CNC(=O)OCCOCCOCCOCCNC(=O)c1ccc(Nc2ccc(C(=O)OC)cc2)cc1. The van der Waals surface area contributed by atoms with Gasteiger partial charge in [-0.2, -0.15) is 0 Å². The fourth-order valence-corrected chi connectivity index (χ4v) is 2.83. The van der Waals surface area contributed by atoms with Crippen LogP contribution in [0.25, 0.3) is 0 Å². The molecule has 11 nitrogen and oxygen atoms in total. The first-order valence-corrected chi connectivity index (χ1v) is 11.4. The molecule has 0 radical (unpaired) electrons. The summed E-state index contributed by atoms with van der Waals surface area (Å²) in [5.74, 6) is -0.582. The van der Waals surface area contributed by atoms with Gasteiger partial charge in [0.15, 0.2) is 0 Å². The first kappa shape index (κ1) is 28.6. The second kappa shape index (κ2) is 16.9. The number of carbonyl (C=O) groups is 3. The standard InChI is InChI=1S/C25H33N3O8/c1-26-25(31)36-18-17-35-16-15-34-14-13-33-12-11-27-23(29)19-3-7-21(8-4-19)28-22-9-5-20(6-10-22)24(30)32-2/h3-10,28H,11-18H2,1-2H3,(H,26,31)(H,27,29). The Kier molecular flexibility index (Phi) is 13.4. The van der Waals surface area contributed by atoms with Crippen LogP contribution < -0.4 is 16.0 Å². The summed E-state index contributed by atoms with van der Waals surface area (Å²) in [6, 6.07) is 14.0. The molecule has 2 rings (SSSR count). The van der Waals surface area contributed by atoms with E-state index in [0.717, 1.165) is 11.4 Å². The Bertz CT molecular complexity index is 935. The Morgan fingerprint density at radius 2 is 1.19 bits per heavy atom. The Hall–Kier alpha value is -3.67. The molecule has 2 amide bonds. The summed E-state index contributed by atoms with van der Waals surface area (Å²) in [4.78, 5) is 34.6. The Balaban J connectivity index is 1.52. The summed E-state index contributed by atoms with van der Waals surface area (Å²) >= 11 is 0. The van der Waals surface area contributed by atoms with Crippen molar-refractivity contribution >= 4 is 29.3 Å².